The summed E-state index contributed by atoms with van der Waals surface area (Å²) in [6.07, 6.45) is 7.58. The van der Waals surface area contributed by atoms with Crippen LogP contribution in [0.3, 0.4) is 0 Å². The number of likely N-dealkylation sites (tertiary alicyclic amines) is 1. The van der Waals surface area contributed by atoms with E-state index in [2.05, 4.69) is 18.0 Å². The molecular formula is C11H17NO. The molecule has 0 N–H and O–H groups in total. The predicted octanol–water partition coefficient (Wildman–Crippen LogP) is 1.76. The SMILES string of the molecule is CN1CCCC1/C=C1\CCCC1=O. The van der Waals surface area contributed by atoms with Crippen LogP contribution in [0.2, 0.25) is 0 Å². The van der Waals surface area contributed by atoms with E-state index in [9.17, 15) is 4.79 Å². The number of carbonyl (C=O) groups excluding carboxylic acids is 1. The maximum absolute atomic E-state index is 11.4. The summed E-state index contributed by atoms with van der Waals surface area (Å²) in [7, 11) is 2.15. The monoisotopic (exact) mass is 179 g/mol. The third kappa shape index (κ3) is 1.83. The van der Waals surface area contributed by atoms with E-state index in [0.29, 0.717) is 11.8 Å². The fraction of sp³-hybridized carbons (Fsp3) is 0.727. The highest BCUT2D eigenvalue weighted by Crippen LogP contribution is 2.24. The predicted molar refractivity (Wildman–Crippen MR) is 52.6 cm³/mol. The number of likely N-dealkylation sites (N-methyl/N-ethyl adjacent to an activating group) is 1. The maximum atomic E-state index is 11.4. The van der Waals surface area contributed by atoms with Gasteiger partial charge in [-0.25, -0.2) is 0 Å². The summed E-state index contributed by atoms with van der Waals surface area (Å²) in [5.41, 5.74) is 1.10. The molecule has 1 atom stereocenters. The first-order valence-corrected chi connectivity index (χ1v) is 5.21. The van der Waals surface area contributed by atoms with Gasteiger partial charge in [0.1, 0.15) is 0 Å². The van der Waals surface area contributed by atoms with Crippen LogP contribution in [-0.4, -0.2) is 30.3 Å². The van der Waals surface area contributed by atoms with Gasteiger partial charge in [0.15, 0.2) is 5.78 Å². The van der Waals surface area contributed by atoms with Gasteiger partial charge in [-0.05, 0) is 44.8 Å². The number of hydrogen-bond donors (Lipinski definition) is 0. The van der Waals surface area contributed by atoms with E-state index in [1.54, 1.807) is 0 Å². The van der Waals surface area contributed by atoms with Gasteiger partial charge in [-0.2, -0.15) is 0 Å². The van der Waals surface area contributed by atoms with E-state index in [4.69, 9.17) is 0 Å². The molecule has 2 fully saturated rings. The second-order valence-corrected chi connectivity index (χ2v) is 4.16. The van der Waals surface area contributed by atoms with Crippen LogP contribution in [0, 0.1) is 0 Å². The number of hydrogen-bond acceptors (Lipinski definition) is 2. The number of ketones is 1. The lowest BCUT2D eigenvalue weighted by Crippen LogP contribution is -2.23. The standard InChI is InChI=1S/C11H17NO/c1-12-7-3-5-10(12)8-9-4-2-6-11(9)13/h8,10H,2-7H2,1H3/b9-8+. The number of allylic oxidation sites excluding steroid dienone is 1. The van der Waals surface area contributed by atoms with E-state index in [1.165, 1.54) is 19.4 Å². The average Bonchev–Trinajstić information content (AvgIpc) is 2.65. The van der Waals surface area contributed by atoms with Crippen molar-refractivity contribution in [2.45, 2.75) is 38.1 Å². The Morgan fingerprint density at radius 1 is 1.38 bits per heavy atom. The molecule has 0 aromatic heterocycles. The Morgan fingerprint density at radius 3 is 2.77 bits per heavy atom. The van der Waals surface area contributed by atoms with Gasteiger partial charge < -0.3 is 0 Å². The van der Waals surface area contributed by atoms with Crippen molar-refractivity contribution in [3.8, 4) is 0 Å². The molecule has 2 nitrogen and oxygen atoms in total. The molecule has 0 radical (unpaired) electrons. The molecule has 1 saturated heterocycles. The summed E-state index contributed by atoms with van der Waals surface area (Å²) in [6.45, 7) is 1.18. The molecule has 1 saturated carbocycles. The van der Waals surface area contributed by atoms with Crippen LogP contribution in [0.1, 0.15) is 32.1 Å². The topological polar surface area (TPSA) is 20.3 Å². The molecule has 1 unspecified atom stereocenters. The molecular weight excluding hydrogens is 162 g/mol. The number of rotatable bonds is 1. The molecule has 2 aliphatic rings. The molecule has 0 amide bonds. The van der Waals surface area contributed by atoms with Crippen LogP contribution < -0.4 is 0 Å². The maximum Gasteiger partial charge on any atom is 0.158 e. The lowest BCUT2D eigenvalue weighted by Gasteiger charge is -2.15. The molecule has 0 spiro atoms. The third-order valence-corrected chi connectivity index (χ3v) is 3.18. The van der Waals surface area contributed by atoms with Gasteiger partial charge in [0, 0.05) is 12.5 Å². The summed E-state index contributed by atoms with van der Waals surface area (Å²) in [6, 6.07) is 0.539. The highest BCUT2D eigenvalue weighted by Gasteiger charge is 2.23. The van der Waals surface area contributed by atoms with Gasteiger partial charge >= 0.3 is 0 Å². The zero-order valence-corrected chi connectivity index (χ0v) is 8.25. The van der Waals surface area contributed by atoms with Crippen molar-refractivity contribution in [2.75, 3.05) is 13.6 Å². The van der Waals surface area contributed by atoms with Crippen LogP contribution in [-0.2, 0) is 4.79 Å². The van der Waals surface area contributed by atoms with Gasteiger partial charge in [-0.3, -0.25) is 9.69 Å². The van der Waals surface area contributed by atoms with Crippen LogP contribution >= 0.6 is 0 Å². The van der Waals surface area contributed by atoms with Crippen molar-refractivity contribution in [3.05, 3.63) is 11.6 Å². The molecule has 0 bridgehead atoms. The average molecular weight is 179 g/mol. The van der Waals surface area contributed by atoms with Crippen LogP contribution in [0.5, 0.6) is 0 Å². The largest absolute Gasteiger partial charge is 0.300 e. The second-order valence-electron chi connectivity index (χ2n) is 4.16. The fourth-order valence-corrected chi connectivity index (χ4v) is 2.29. The first kappa shape index (κ1) is 8.95. The normalized spacial score (nSPS) is 33.5. The van der Waals surface area contributed by atoms with E-state index < -0.39 is 0 Å². The minimum absolute atomic E-state index is 0.389. The molecule has 1 heterocycles. The van der Waals surface area contributed by atoms with Gasteiger partial charge in [0.05, 0.1) is 0 Å². The van der Waals surface area contributed by atoms with E-state index >= 15 is 0 Å². The lowest BCUT2D eigenvalue weighted by atomic mass is 10.1. The number of Topliss-reactive ketones (excluding diaryl/α,β-unsaturated/α-hetero) is 1. The van der Waals surface area contributed by atoms with E-state index in [-0.39, 0.29) is 0 Å². The quantitative estimate of drug-likeness (QED) is 0.572. The Labute approximate surface area is 79.6 Å². The molecule has 1 aliphatic carbocycles. The Bertz CT molecular complexity index is 244. The fourth-order valence-electron chi connectivity index (χ4n) is 2.29. The zero-order valence-electron chi connectivity index (χ0n) is 8.25. The van der Waals surface area contributed by atoms with Crippen LogP contribution in [0.25, 0.3) is 0 Å². The molecule has 2 rings (SSSR count). The molecule has 13 heavy (non-hydrogen) atoms. The van der Waals surface area contributed by atoms with Crippen LogP contribution in [0.15, 0.2) is 11.6 Å². The number of carbonyl (C=O) groups is 1. The van der Waals surface area contributed by atoms with Gasteiger partial charge in [-0.1, -0.05) is 6.08 Å². The summed E-state index contributed by atoms with van der Waals surface area (Å²) in [5, 5.41) is 0. The van der Waals surface area contributed by atoms with Crippen molar-refractivity contribution < 1.29 is 4.79 Å². The number of nitrogens with zero attached hydrogens (tertiary/aromatic N) is 1. The summed E-state index contributed by atoms with van der Waals surface area (Å²) in [4.78, 5) is 13.7. The van der Waals surface area contributed by atoms with Gasteiger partial charge in [-0.15, -0.1) is 0 Å². The van der Waals surface area contributed by atoms with Crippen molar-refractivity contribution in [2.24, 2.45) is 0 Å². The first-order valence-electron chi connectivity index (χ1n) is 5.21. The van der Waals surface area contributed by atoms with Gasteiger partial charge in [0.2, 0.25) is 0 Å². The summed E-state index contributed by atoms with van der Waals surface area (Å²) in [5.74, 6) is 0.389. The summed E-state index contributed by atoms with van der Waals surface area (Å²) >= 11 is 0. The van der Waals surface area contributed by atoms with Crippen molar-refractivity contribution in [1.82, 2.24) is 4.90 Å². The Balaban J connectivity index is 2.05. The second kappa shape index (κ2) is 3.62. The smallest absolute Gasteiger partial charge is 0.158 e. The van der Waals surface area contributed by atoms with Crippen molar-refractivity contribution in [3.63, 3.8) is 0 Å². The highest BCUT2D eigenvalue weighted by molar-refractivity contribution is 5.97. The Morgan fingerprint density at radius 2 is 2.23 bits per heavy atom. The molecule has 2 heteroatoms. The zero-order chi connectivity index (χ0) is 9.26. The lowest BCUT2D eigenvalue weighted by molar-refractivity contribution is -0.114. The molecule has 0 aromatic rings. The van der Waals surface area contributed by atoms with Gasteiger partial charge in [0.25, 0.3) is 0 Å². The van der Waals surface area contributed by atoms with Crippen molar-refractivity contribution >= 4 is 5.78 Å². The molecule has 0 aromatic carbocycles. The highest BCUT2D eigenvalue weighted by atomic mass is 16.1. The van der Waals surface area contributed by atoms with Crippen molar-refractivity contribution in [1.29, 1.82) is 0 Å². The Kier molecular flexibility index (Phi) is 2.49. The van der Waals surface area contributed by atoms with Crippen LogP contribution in [0.4, 0.5) is 0 Å². The summed E-state index contributed by atoms with van der Waals surface area (Å²) < 4.78 is 0. The minimum Gasteiger partial charge on any atom is -0.300 e. The van der Waals surface area contributed by atoms with E-state index in [0.717, 1.165) is 24.8 Å². The van der Waals surface area contributed by atoms with E-state index in [1.807, 2.05) is 0 Å². The Hall–Kier alpha value is -0.630. The molecule has 1 aliphatic heterocycles. The molecule has 72 valence electrons. The first-order chi connectivity index (χ1) is 6.27. The minimum atomic E-state index is 0.389. The third-order valence-electron chi connectivity index (χ3n) is 3.18.